The van der Waals surface area contributed by atoms with Crippen LogP contribution in [0.4, 0.5) is 0 Å². The van der Waals surface area contributed by atoms with E-state index in [0.717, 1.165) is 47.1 Å². The van der Waals surface area contributed by atoms with Crippen molar-refractivity contribution in [2.24, 2.45) is 0 Å². The van der Waals surface area contributed by atoms with Gasteiger partial charge in [-0.1, -0.05) is 12.1 Å². The number of likely N-dealkylation sites (tertiary alicyclic amines) is 1. The Morgan fingerprint density at radius 3 is 2.96 bits per heavy atom. The summed E-state index contributed by atoms with van der Waals surface area (Å²) >= 11 is 0. The van der Waals surface area contributed by atoms with E-state index in [2.05, 4.69) is 54.3 Å². The molecule has 1 saturated heterocycles. The van der Waals surface area contributed by atoms with Crippen molar-refractivity contribution in [2.45, 2.75) is 38.8 Å². The molecule has 0 amide bonds. The monoisotopic (exact) mass is 374 g/mol. The third-order valence-corrected chi connectivity index (χ3v) is 6.04. The van der Waals surface area contributed by atoms with Crippen LogP contribution in [0.3, 0.4) is 0 Å². The Bertz CT molecular complexity index is 1000. The Morgan fingerprint density at radius 2 is 2.07 bits per heavy atom. The summed E-state index contributed by atoms with van der Waals surface area (Å²) in [5.41, 5.74) is 5.60. The van der Waals surface area contributed by atoms with Gasteiger partial charge in [-0.3, -0.25) is 0 Å². The highest BCUT2D eigenvalue weighted by Gasteiger charge is 2.19. The molecule has 144 valence electrons. The lowest BCUT2D eigenvalue weighted by Gasteiger charge is -2.20. The maximum Gasteiger partial charge on any atom is 0.189 e. The molecule has 0 N–H and O–H groups in total. The van der Waals surface area contributed by atoms with Gasteiger partial charge in [0.15, 0.2) is 6.79 Å². The molecule has 3 heterocycles. The average Bonchev–Trinajstić information content (AvgIpc) is 3.16. The normalized spacial score (nSPS) is 19.5. The molecular weight excluding hydrogens is 348 g/mol. The number of pyridine rings is 1. The molecule has 5 rings (SSSR count). The van der Waals surface area contributed by atoms with Gasteiger partial charge in [0.25, 0.3) is 0 Å². The molecule has 28 heavy (non-hydrogen) atoms. The van der Waals surface area contributed by atoms with Gasteiger partial charge in [-0.15, -0.1) is 0 Å². The second-order valence-electron chi connectivity index (χ2n) is 7.93. The fourth-order valence-electron chi connectivity index (χ4n) is 4.34. The van der Waals surface area contributed by atoms with Crippen LogP contribution in [0.2, 0.25) is 0 Å². The van der Waals surface area contributed by atoms with E-state index in [-0.39, 0.29) is 0 Å². The van der Waals surface area contributed by atoms with Crippen molar-refractivity contribution in [3.63, 3.8) is 0 Å². The molecule has 0 aliphatic carbocycles. The van der Waals surface area contributed by atoms with Gasteiger partial charge >= 0.3 is 0 Å². The number of hydrogen-bond acceptors (Lipinski definition) is 4. The molecule has 3 aromatic rings. The Labute approximate surface area is 166 Å². The summed E-state index contributed by atoms with van der Waals surface area (Å²) in [6.07, 6.45) is 3.78. The molecule has 0 radical (unpaired) electrons. The molecule has 1 aromatic heterocycles. The fourth-order valence-corrected chi connectivity index (χ4v) is 4.34. The van der Waals surface area contributed by atoms with Crippen LogP contribution < -0.4 is 4.74 Å². The molecule has 2 aliphatic heterocycles. The molecule has 4 heteroatoms. The van der Waals surface area contributed by atoms with Crippen LogP contribution in [0.5, 0.6) is 5.75 Å². The Morgan fingerprint density at radius 1 is 1.11 bits per heavy atom. The lowest BCUT2D eigenvalue weighted by atomic mass is 10.0. The summed E-state index contributed by atoms with van der Waals surface area (Å²) in [7, 11) is 0. The van der Waals surface area contributed by atoms with Gasteiger partial charge < -0.3 is 14.4 Å². The third kappa shape index (κ3) is 3.50. The summed E-state index contributed by atoms with van der Waals surface area (Å²) in [4.78, 5) is 7.50. The predicted octanol–water partition coefficient (Wildman–Crippen LogP) is 4.80. The summed E-state index contributed by atoms with van der Waals surface area (Å²) in [6, 6.07) is 17.9. The van der Waals surface area contributed by atoms with E-state index in [1.165, 1.54) is 30.3 Å². The lowest BCUT2D eigenvalue weighted by molar-refractivity contribution is -0.0163. The minimum Gasteiger partial charge on any atom is -0.467 e. The zero-order valence-electron chi connectivity index (χ0n) is 16.4. The molecular formula is C24H26N2O2. The average molecular weight is 374 g/mol. The molecule has 2 aliphatic rings. The van der Waals surface area contributed by atoms with Gasteiger partial charge in [0.1, 0.15) is 5.75 Å². The smallest absolute Gasteiger partial charge is 0.189 e. The zero-order valence-corrected chi connectivity index (χ0v) is 16.4. The second kappa shape index (κ2) is 7.53. The quantitative estimate of drug-likeness (QED) is 0.657. The van der Waals surface area contributed by atoms with E-state index in [1.807, 2.05) is 6.07 Å². The topological polar surface area (TPSA) is 34.6 Å². The number of benzene rings is 2. The van der Waals surface area contributed by atoms with Crippen LogP contribution in [0.1, 0.15) is 30.9 Å². The van der Waals surface area contributed by atoms with E-state index in [9.17, 15) is 0 Å². The first-order valence-corrected chi connectivity index (χ1v) is 10.2. The number of nitrogens with zero attached hydrogens (tertiary/aromatic N) is 2. The molecule has 4 nitrogen and oxygen atoms in total. The highest BCUT2D eigenvalue weighted by atomic mass is 16.7. The second-order valence-corrected chi connectivity index (χ2v) is 7.93. The van der Waals surface area contributed by atoms with E-state index in [0.29, 0.717) is 13.4 Å². The highest BCUT2D eigenvalue weighted by Crippen LogP contribution is 2.29. The summed E-state index contributed by atoms with van der Waals surface area (Å²) < 4.78 is 10.9. The maximum atomic E-state index is 5.52. The van der Waals surface area contributed by atoms with Crippen molar-refractivity contribution in [1.29, 1.82) is 0 Å². The van der Waals surface area contributed by atoms with Crippen molar-refractivity contribution in [3.8, 4) is 17.0 Å². The molecule has 0 bridgehead atoms. The minimum atomic E-state index is 0.333. The summed E-state index contributed by atoms with van der Waals surface area (Å²) in [6.45, 7) is 5.67. The maximum absolute atomic E-state index is 5.52. The SMILES string of the molecule is C[C@@H]1CCCN1CCc1ccc2nc(-c3ccc4c(c3)COCO4)ccc2c1. The number of ether oxygens (including phenoxy) is 2. The van der Waals surface area contributed by atoms with Gasteiger partial charge in [-0.25, -0.2) is 4.98 Å². The fraction of sp³-hybridized carbons (Fsp3) is 0.375. The molecule has 2 aromatic carbocycles. The first-order chi connectivity index (χ1) is 13.8. The van der Waals surface area contributed by atoms with Crippen molar-refractivity contribution in [2.75, 3.05) is 19.9 Å². The van der Waals surface area contributed by atoms with E-state index in [1.54, 1.807) is 0 Å². The number of hydrogen-bond donors (Lipinski definition) is 0. The zero-order chi connectivity index (χ0) is 18.9. The van der Waals surface area contributed by atoms with Crippen LogP contribution in [-0.4, -0.2) is 35.8 Å². The van der Waals surface area contributed by atoms with Gasteiger partial charge in [0, 0.05) is 29.1 Å². The van der Waals surface area contributed by atoms with Crippen LogP contribution in [0.15, 0.2) is 48.5 Å². The van der Waals surface area contributed by atoms with Crippen LogP contribution in [0.25, 0.3) is 22.2 Å². The molecule has 1 atom stereocenters. The van der Waals surface area contributed by atoms with Gasteiger partial charge in [0.2, 0.25) is 0 Å². The van der Waals surface area contributed by atoms with Crippen LogP contribution >= 0.6 is 0 Å². The summed E-state index contributed by atoms with van der Waals surface area (Å²) in [5.74, 6) is 0.910. The van der Waals surface area contributed by atoms with E-state index >= 15 is 0 Å². The number of fused-ring (bicyclic) bond motifs is 2. The predicted molar refractivity (Wildman–Crippen MR) is 111 cm³/mol. The van der Waals surface area contributed by atoms with Gasteiger partial charge in [-0.2, -0.15) is 0 Å². The van der Waals surface area contributed by atoms with Crippen LogP contribution in [-0.2, 0) is 17.8 Å². The first kappa shape index (κ1) is 17.7. The summed E-state index contributed by atoms with van der Waals surface area (Å²) in [5, 5.41) is 1.21. The molecule has 0 spiro atoms. The van der Waals surface area contributed by atoms with Crippen LogP contribution in [0, 0.1) is 0 Å². The van der Waals surface area contributed by atoms with Crippen molar-refractivity contribution in [1.82, 2.24) is 9.88 Å². The largest absolute Gasteiger partial charge is 0.467 e. The Kier molecular flexibility index (Phi) is 4.75. The van der Waals surface area contributed by atoms with Gasteiger partial charge in [0.05, 0.1) is 17.8 Å². The first-order valence-electron chi connectivity index (χ1n) is 10.2. The highest BCUT2D eigenvalue weighted by molar-refractivity contribution is 5.82. The molecule has 0 unspecified atom stereocenters. The standard InChI is InChI=1S/C24H26N2O2/c1-17-3-2-11-26(17)12-10-18-4-7-22-19(13-18)5-8-23(25-22)20-6-9-24-21(14-20)15-27-16-28-24/h4-9,13-14,17H,2-3,10-12,15-16H2,1H3/t17-/m1/s1. The lowest BCUT2D eigenvalue weighted by Crippen LogP contribution is -2.28. The number of rotatable bonds is 4. The Hall–Kier alpha value is -2.43. The van der Waals surface area contributed by atoms with Crippen molar-refractivity contribution < 1.29 is 9.47 Å². The molecule has 0 saturated carbocycles. The van der Waals surface area contributed by atoms with E-state index in [4.69, 9.17) is 14.5 Å². The van der Waals surface area contributed by atoms with Gasteiger partial charge in [-0.05, 0) is 74.7 Å². The third-order valence-electron chi connectivity index (χ3n) is 6.04. The van der Waals surface area contributed by atoms with Crippen molar-refractivity contribution in [3.05, 3.63) is 59.7 Å². The minimum absolute atomic E-state index is 0.333. The molecule has 1 fully saturated rings. The number of aromatic nitrogens is 1. The van der Waals surface area contributed by atoms with E-state index < -0.39 is 0 Å². The van der Waals surface area contributed by atoms with Crippen molar-refractivity contribution >= 4 is 10.9 Å². The Balaban J connectivity index is 1.36.